The third-order valence-corrected chi connectivity index (χ3v) is 4.37. The zero-order valence-corrected chi connectivity index (χ0v) is 12.9. The van der Waals surface area contributed by atoms with E-state index in [0.717, 1.165) is 15.8 Å². The lowest BCUT2D eigenvalue weighted by atomic mass is 10.1. The lowest BCUT2D eigenvalue weighted by Crippen LogP contribution is -2.21. The number of hydrogen-bond donors (Lipinski definition) is 1. The fraction of sp³-hybridized carbons (Fsp3) is 0.357. The fourth-order valence-electron chi connectivity index (χ4n) is 1.80. The Kier molecular flexibility index (Phi) is 4.45. The Bertz CT molecular complexity index is 553. The molecule has 0 aliphatic carbocycles. The van der Waals surface area contributed by atoms with Crippen LogP contribution in [-0.4, -0.2) is 12.0 Å². The van der Waals surface area contributed by atoms with Crippen LogP contribution in [0.1, 0.15) is 37.2 Å². The number of rotatable bonds is 4. The maximum Gasteiger partial charge on any atom is 0.185 e. The number of aromatic nitrogens is 1. The van der Waals surface area contributed by atoms with Crippen LogP contribution in [0.3, 0.4) is 0 Å². The zero-order chi connectivity index (χ0) is 14.0. The normalized spacial score (nSPS) is 14.2. The summed E-state index contributed by atoms with van der Waals surface area (Å²) in [7, 11) is 2.04. The predicted octanol–water partition coefficient (Wildman–Crippen LogP) is 4.01. The van der Waals surface area contributed by atoms with Crippen molar-refractivity contribution >= 4 is 28.1 Å². The van der Waals surface area contributed by atoms with Crippen molar-refractivity contribution in [3.8, 4) is 0 Å². The lowest BCUT2D eigenvalue weighted by Gasteiger charge is -2.24. The van der Waals surface area contributed by atoms with E-state index in [1.54, 1.807) is 11.3 Å². The van der Waals surface area contributed by atoms with E-state index < -0.39 is 0 Å². The van der Waals surface area contributed by atoms with E-state index in [0.29, 0.717) is 0 Å². The van der Waals surface area contributed by atoms with E-state index in [1.807, 2.05) is 37.6 Å². The Morgan fingerprint density at radius 3 is 2.68 bits per heavy atom. The summed E-state index contributed by atoms with van der Waals surface area (Å²) in [5.41, 5.74) is 7.95. The first-order valence-electron chi connectivity index (χ1n) is 6.18. The van der Waals surface area contributed by atoms with Crippen LogP contribution in [0, 0.1) is 0 Å². The number of thiazole rings is 1. The van der Waals surface area contributed by atoms with Crippen molar-refractivity contribution in [2.75, 3.05) is 11.9 Å². The summed E-state index contributed by atoms with van der Waals surface area (Å²) >= 11 is 7.65. The monoisotopic (exact) mass is 295 g/mol. The minimum absolute atomic E-state index is 0.0279. The third-order valence-electron chi connectivity index (χ3n) is 3.19. The quantitative estimate of drug-likeness (QED) is 0.926. The van der Waals surface area contributed by atoms with Gasteiger partial charge in [0.15, 0.2) is 5.13 Å². The molecule has 0 saturated carbocycles. The highest BCUT2D eigenvalue weighted by atomic mass is 35.5. The van der Waals surface area contributed by atoms with Crippen molar-refractivity contribution in [2.45, 2.75) is 25.9 Å². The van der Waals surface area contributed by atoms with Crippen LogP contribution in [0.5, 0.6) is 0 Å². The largest absolute Gasteiger partial charge is 0.344 e. The van der Waals surface area contributed by atoms with Gasteiger partial charge >= 0.3 is 0 Å². The molecule has 102 valence electrons. The Labute approximate surface area is 123 Å². The highest BCUT2D eigenvalue weighted by Crippen LogP contribution is 2.30. The van der Waals surface area contributed by atoms with Gasteiger partial charge in [0.1, 0.15) is 0 Å². The van der Waals surface area contributed by atoms with Gasteiger partial charge in [0.25, 0.3) is 0 Å². The second kappa shape index (κ2) is 5.90. The van der Waals surface area contributed by atoms with Gasteiger partial charge in [-0.05, 0) is 31.5 Å². The van der Waals surface area contributed by atoms with Gasteiger partial charge in [0, 0.05) is 23.5 Å². The first-order valence-corrected chi connectivity index (χ1v) is 7.44. The van der Waals surface area contributed by atoms with Gasteiger partial charge in [-0.25, -0.2) is 4.98 Å². The molecule has 2 rings (SSSR count). The second-order valence-corrected chi connectivity index (χ2v) is 5.96. The predicted molar refractivity (Wildman–Crippen MR) is 83.0 cm³/mol. The molecule has 5 heteroatoms. The maximum atomic E-state index is 6.04. The first-order chi connectivity index (χ1) is 8.99. The van der Waals surface area contributed by atoms with Crippen LogP contribution < -0.4 is 10.6 Å². The zero-order valence-electron chi connectivity index (χ0n) is 11.3. The fourth-order valence-corrected chi connectivity index (χ4v) is 2.98. The molecule has 1 aromatic carbocycles. The van der Waals surface area contributed by atoms with Crippen molar-refractivity contribution in [1.82, 2.24) is 4.98 Å². The van der Waals surface area contributed by atoms with Gasteiger partial charge in [0.2, 0.25) is 0 Å². The number of halogens is 1. The molecule has 0 saturated heterocycles. The molecule has 0 spiro atoms. The van der Waals surface area contributed by atoms with Crippen LogP contribution in [-0.2, 0) is 0 Å². The molecule has 2 atom stereocenters. The molecule has 0 radical (unpaired) electrons. The molecule has 0 aliphatic heterocycles. The van der Waals surface area contributed by atoms with Gasteiger partial charge in [-0.3, -0.25) is 0 Å². The number of anilines is 1. The number of benzene rings is 1. The summed E-state index contributed by atoms with van der Waals surface area (Å²) in [5, 5.41) is 3.74. The molecule has 2 aromatic rings. The Balaban J connectivity index is 2.20. The van der Waals surface area contributed by atoms with E-state index in [1.165, 1.54) is 5.56 Å². The standard InChI is InChI=1S/C14H18ClN3S/c1-9(16)13-8-19-14(17-13)18(3)10(2)11-5-4-6-12(15)7-11/h4-10H,16H2,1-3H3. The SMILES string of the molecule is CC(N)c1csc(N(C)C(C)c2cccc(Cl)c2)n1. The molecule has 0 bridgehead atoms. The van der Waals surface area contributed by atoms with E-state index in [2.05, 4.69) is 22.9 Å². The van der Waals surface area contributed by atoms with Crippen LogP contribution in [0.4, 0.5) is 5.13 Å². The van der Waals surface area contributed by atoms with Gasteiger partial charge in [-0.1, -0.05) is 23.7 Å². The Morgan fingerprint density at radius 1 is 1.37 bits per heavy atom. The maximum absolute atomic E-state index is 6.04. The highest BCUT2D eigenvalue weighted by Gasteiger charge is 2.16. The highest BCUT2D eigenvalue weighted by molar-refractivity contribution is 7.13. The smallest absolute Gasteiger partial charge is 0.185 e. The summed E-state index contributed by atoms with van der Waals surface area (Å²) in [6, 6.07) is 8.10. The number of hydrogen-bond acceptors (Lipinski definition) is 4. The van der Waals surface area contributed by atoms with Crippen molar-refractivity contribution in [3.05, 3.63) is 45.9 Å². The molecule has 3 nitrogen and oxygen atoms in total. The van der Waals surface area contributed by atoms with Gasteiger partial charge in [-0.2, -0.15) is 0 Å². The molecular weight excluding hydrogens is 278 g/mol. The molecular formula is C14H18ClN3S. The molecule has 0 amide bonds. The van der Waals surface area contributed by atoms with E-state index >= 15 is 0 Å². The van der Waals surface area contributed by atoms with Crippen molar-refractivity contribution < 1.29 is 0 Å². The topological polar surface area (TPSA) is 42.1 Å². The summed E-state index contributed by atoms with van der Waals surface area (Å²) in [5.74, 6) is 0. The van der Waals surface area contributed by atoms with Crippen LogP contribution in [0.15, 0.2) is 29.6 Å². The number of nitrogens with zero attached hydrogens (tertiary/aromatic N) is 2. The first kappa shape index (κ1) is 14.3. The lowest BCUT2D eigenvalue weighted by molar-refractivity contribution is 0.727. The van der Waals surface area contributed by atoms with Crippen molar-refractivity contribution in [3.63, 3.8) is 0 Å². The van der Waals surface area contributed by atoms with Crippen LogP contribution in [0.2, 0.25) is 5.02 Å². The van der Waals surface area contributed by atoms with Crippen LogP contribution >= 0.6 is 22.9 Å². The summed E-state index contributed by atoms with van der Waals surface area (Å²) in [6.07, 6.45) is 0. The Morgan fingerprint density at radius 2 is 2.11 bits per heavy atom. The minimum Gasteiger partial charge on any atom is -0.344 e. The average Bonchev–Trinajstić information content (AvgIpc) is 2.86. The van der Waals surface area contributed by atoms with E-state index in [4.69, 9.17) is 17.3 Å². The molecule has 0 fully saturated rings. The molecule has 1 aromatic heterocycles. The minimum atomic E-state index is -0.0279. The summed E-state index contributed by atoms with van der Waals surface area (Å²) < 4.78 is 0. The molecule has 2 unspecified atom stereocenters. The summed E-state index contributed by atoms with van der Waals surface area (Å²) in [4.78, 5) is 6.71. The molecule has 0 aliphatic rings. The third kappa shape index (κ3) is 3.26. The molecule has 1 heterocycles. The van der Waals surface area contributed by atoms with Gasteiger partial charge in [0.05, 0.1) is 11.7 Å². The van der Waals surface area contributed by atoms with Crippen molar-refractivity contribution in [1.29, 1.82) is 0 Å². The van der Waals surface area contributed by atoms with Gasteiger partial charge < -0.3 is 10.6 Å². The van der Waals surface area contributed by atoms with Gasteiger partial charge in [-0.15, -0.1) is 11.3 Å². The number of nitrogens with two attached hydrogens (primary N) is 1. The Hall–Kier alpha value is -1.10. The second-order valence-electron chi connectivity index (χ2n) is 4.69. The average molecular weight is 296 g/mol. The van der Waals surface area contributed by atoms with Crippen molar-refractivity contribution in [2.24, 2.45) is 5.73 Å². The van der Waals surface area contributed by atoms with E-state index in [-0.39, 0.29) is 12.1 Å². The van der Waals surface area contributed by atoms with E-state index in [9.17, 15) is 0 Å². The van der Waals surface area contributed by atoms with Crippen LogP contribution in [0.25, 0.3) is 0 Å². The molecule has 2 N–H and O–H groups in total. The summed E-state index contributed by atoms with van der Waals surface area (Å²) in [6.45, 7) is 4.08. The molecule has 19 heavy (non-hydrogen) atoms.